The van der Waals surface area contributed by atoms with E-state index in [1.54, 1.807) is 0 Å². The molecular weight excluding hydrogens is 998 g/mol. The van der Waals surface area contributed by atoms with E-state index in [0.29, 0.717) is 79.3 Å². The summed E-state index contributed by atoms with van der Waals surface area (Å²) in [7, 11) is 0. The summed E-state index contributed by atoms with van der Waals surface area (Å²) in [6.07, 6.45) is -12.4. The van der Waals surface area contributed by atoms with Crippen LogP contribution in [-0.2, 0) is 28.4 Å². The van der Waals surface area contributed by atoms with Crippen molar-refractivity contribution < 1.29 is 165 Å². The molecule has 1 heterocycles. The quantitative estimate of drug-likeness (QED) is 0.175. The molecule has 0 aliphatic carbocycles. The third-order valence-electron chi connectivity index (χ3n) is 3.66. The molecule has 0 saturated carbocycles. The van der Waals surface area contributed by atoms with Crippen molar-refractivity contribution in [3.63, 3.8) is 0 Å². The second kappa shape index (κ2) is 24.7. The molecule has 42 heavy (non-hydrogen) atoms. The van der Waals surface area contributed by atoms with Crippen LogP contribution in [0.25, 0.3) is 0 Å². The number of hydrogen-bond acceptors (Lipinski definition) is 6. The topological polar surface area (TPSA) is 55.4 Å². The molecule has 1 rings (SSSR count). The Morgan fingerprint density at radius 2 is 0.452 bits per heavy atom. The molecule has 0 unspecified atom stereocenters. The Labute approximate surface area is 318 Å². The zero-order valence-electron chi connectivity index (χ0n) is 21.4. The van der Waals surface area contributed by atoms with Crippen molar-refractivity contribution in [1.82, 2.24) is 0 Å². The molecule has 0 N–H and O–H groups in total. The Balaban J connectivity index is -0.000000265. The van der Waals surface area contributed by atoms with Gasteiger partial charge in [-0.3, -0.25) is 0 Å². The minimum absolute atomic E-state index is 0. The fraction of sp³-hybridized carbons (Fsp3) is 1.00. The van der Waals surface area contributed by atoms with Crippen LogP contribution < -0.4 is 75.4 Å². The fourth-order valence-electron chi connectivity index (χ4n) is 1.64. The average Bonchev–Trinajstić information content (AvgIpc) is 2.77. The molecule has 0 atom stereocenters. The van der Waals surface area contributed by atoms with Gasteiger partial charge in [-0.2, -0.15) is 61.5 Å². The first-order valence-corrected chi connectivity index (χ1v) is 12.6. The molecule has 0 bridgehead atoms. The van der Waals surface area contributed by atoms with Gasteiger partial charge in [-0.05, 0) is 0 Å². The van der Waals surface area contributed by atoms with Crippen LogP contribution in [0, 0.1) is 0 Å². The molecule has 0 amide bonds. The van der Waals surface area contributed by atoms with Crippen molar-refractivity contribution in [2.45, 2.75) is 32.1 Å². The molecule has 0 aromatic rings. The van der Waals surface area contributed by atoms with Gasteiger partial charge in [0.15, 0.2) is 0 Å². The van der Waals surface area contributed by atoms with Gasteiger partial charge in [-0.25, -0.2) is 0 Å². The molecule has 24 heteroatoms. The van der Waals surface area contributed by atoms with Crippen LogP contribution in [0.3, 0.4) is 0 Å². The van der Waals surface area contributed by atoms with Crippen LogP contribution in [0.2, 0.25) is 0 Å². The zero-order valence-corrected chi connectivity index (χ0v) is 31.0. The van der Waals surface area contributed by atoms with Crippen LogP contribution in [0.5, 0.6) is 0 Å². The van der Waals surface area contributed by atoms with Gasteiger partial charge in [0, 0.05) is 45.2 Å². The first-order valence-electron chi connectivity index (χ1n) is 10.5. The maximum Gasteiger partial charge on any atom is 1.00 e. The van der Waals surface area contributed by atoms with Gasteiger partial charge in [0.2, 0.25) is 0 Å². The van der Waals surface area contributed by atoms with E-state index in [2.05, 4.69) is 0 Å². The van der Waals surface area contributed by atoms with Crippen molar-refractivity contribution in [2.24, 2.45) is 0 Å². The van der Waals surface area contributed by atoms with Crippen molar-refractivity contribution >= 4 is 45.2 Å². The Bertz CT molecular complexity index is 510. The van der Waals surface area contributed by atoms with Crippen LogP contribution in [0.1, 0.15) is 0 Å². The Hall–Kier alpha value is 2.61. The Morgan fingerprint density at radius 3 is 0.500 bits per heavy atom. The first-order chi connectivity index (χ1) is 18.0. The van der Waals surface area contributed by atoms with E-state index < -0.39 is 32.1 Å². The van der Waals surface area contributed by atoms with Gasteiger partial charge in [0.1, 0.15) is 0 Å². The largest absolute Gasteiger partial charge is 1.00 e. The predicted molar refractivity (Wildman–Crippen MR) is 125 cm³/mol. The van der Waals surface area contributed by atoms with Crippen molar-refractivity contribution in [3.05, 3.63) is 0 Å². The number of ether oxygens (including phenoxy) is 6. The van der Waals surface area contributed by atoms with E-state index in [0.717, 1.165) is 0 Å². The number of rotatable bonds is 2. The van der Waals surface area contributed by atoms with E-state index in [4.69, 9.17) is 28.4 Å². The molecule has 1 aliphatic heterocycles. The van der Waals surface area contributed by atoms with Crippen molar-refractivity contribution in [3.8, 4) is 0 Å². The fourth-order valence-corrected chi connectivity index (χ4v) is 2.25. The molecule has 1 fully saturated rings. The van der Waals surface area contributed by atoms with E-state index in [9.17, 15) is 61.5 Å². The minimum atomic E-state index is -6.21. The minimum Gasteiger partial charge on any atom is -1.00 e. The summed E-state index contributed by atoms with van der Waals surface area (Å²) in [6, 6.07) is 0. The average molecular weight is 1020 g/mol. The van der Waals surface area contributed by atoms with Gasteiger partial charge in [-0.1, -0.05) is 0 Å². The first kappa shape index (κ1) is 51.4. The standard InChI is InChI=1S/C12H24O6.2C3F7I.HI.K/c1-2-14-5-6-16-9-10-18-12-11-17-8-7-15-4-3-13-1;2*4-1(5,2(6,7)8)3(9,10)11;;/h1-12H2;;;1H;/q;;;;+1/p-1. The second-order valence-electron chi connectivity index (χ2n) is 6.81. The second-order valence-corrected chi connectivity index (χ2v) is 9.52. The van der Waals surface area contributed by atoms with Gasteiger partial charge in [0.05, 0.1) is 79.3 Å². The zero-order chi connectivity index (χ0) is 31.7. The SMILES string of the molecule is C1COCCOCCOCCOCCOCCO1.FC(F)(F)C(F)(F)C(F)(F)I.FC(F)(F)C(F)(F)C(F)(F)I.[I-].[K+]. The molecule has 1 aliphatic rings. The molecule has 0 radical (unpaired) electrons. The van der Waals surface area contributed by atoms with Crippen LogP contribution in [0.15, 0.2) is 0 Å². The monoisotopic (exact) mass is 1020 g/mol. The molecule has 252 valence electrons. The van der Waals surface area contributed by atoms with Gasteiger partial charge in [-0.15, -0.1) is 0 Å². The molecule has 0 aromatic carbocycles. The molecule has 0 aromatic heterocycles. The van der Waals surface area contributed by atoms with Crippen molar-refractivity contribution in [2.75, 3.05) is 79.3 Å². The van der Waals surface area contributed by atoms with E-state index >= 15 is 0 Å². The Morgan fingerprint density at radius 1 is 0.333 bits per heavy atom. The summed E-state index contributed by atoms with van der Waals surface area (Å²) in [4.78, 5) is 0. The van der Waals surface area contributed by atoms with Crippen LogP contribution >= 0.6 is 45.2 Å². The smallest absolute Gasteiger partial charge is 1.00 e. The van der Waals surface area contributed by atoms with Gasteiger partial charge < -0.3 is 52.4 Å². The number of hydrogen-bond donors (Lipinski definition) is 0. The predicted octanol–water partition coefficient (Wildman–Crippen LogP) is 0.531. The summed E-state index contributed by atoms with van der Waals surface area (Å²) < 4.78 is 181. The summed E-state index contributed by atoms with van der Waals surface area (Å²) in [5.41, 5.74) is 0. The Kier molecular flexibility index (Phi) is 30.3. The summed E-state index contributed by atoms with van der Waals surface area (Å²) in [5.74, 6) is -11.9. The summed E-state index contributed by atoms with van der Waals surface area (Å²) >= 11 is -0.517. The third-order valence-corrected chi connectivity index (χ3v) is 5.01. The van der Waals surface area contributed by atoms with Crippen molar-refractivity contribution in [1.29, 1.82) is 0 Å². The normalized spacial score (nSPS) is 18.3. The van der Waals surface area contributed by atoms with Crippen LogP contribution in [-0.4, -0.2) is 111 Å². The van der Waals surface area contributed by atoms with E-state index in [1.807, 2.05) is 0 Å². The van der Waals surface area contributed by atoms with E-state index in [-0.39, 0.29) is 121 Å². The van der Waals surface area contributed by atoms with Crippen LogP contribution in [0.4, 0.5) is 61.5 Å². The maximum absolute atomic E-state index is 11.6. The van der Waals surface area contributed by atoms with E-state index in [1.165, 1.54) is 0 Å². The van der Waals surface area contributed by atoms with Gasteiger partial charge >= 0.3 is 83.4 Å². The molecule has 1 saturated heterocycles. The summed E-state index contributed by atoms with van der Waals surface area (Å²) in [6.45, 7) is 7.04. The third kappa shape index (κ3) is 23.0. The molecule has 0 spiro atoms. The summed E-state index contributed by atoms with van der Waals surface area (Å²) in [5, 5.41) is 0. The number of halogens is 17. The maximum atomic E-state index is 11.6. The molecular formula is C18H24F14I3KO6. The van der Waals surface area contributed by atoms with Gasteiger partial charge in [0.25, 0.3) is 0 Å². The number of alkyl halides is 16. The molecule has 6 nitrogen and oxygen atoms in total.